The number of aliphatic hydroxyl groups is 1. The summed E-state index contributed by atoms with van der Waals surface area (Å²) in [6, 6.07) is 11.2. The molecule has 0 bridgehead atoms. The van der Waals surface area contributed by atoms with Crippen LogP contribution in [-0.4, -0.2) is 42.4 Å². The van der Waals surface area contributed by atoms with Crippen LogP contribution in [0.5, 0.6) is 11.5 Å². The number of hydrogen-bond donors (Lipinski definition) is 2. The van der Waals surface area contributed by atoms with Crippen LogP contribution in [0.4, 0.5) is 13.2 Å². The van der Waals surface area contributed by atoms with Crippen LogP contribution in [0.25, 0.3) is 10.9 Å². The molecule has 0 saturated carbocycles. The van der Waals surface area contributed by atoms with E-state index in [4.69, 9.17) is 9.47 Å². The lowest BCUT2D eigenvalue weighted by atomic mass is 10.1. The number of pyridine rings is 1. The van der Waals surface area contributed by atoms with E-state index in [0.717, 1.165) is 17.5 Å². The third-order valence-corrected chi connectivity index (χ3v) is 4.58. The molecule has 6 nitrogen and oxygen atoms in total. The molecule has 0 aliphatic heterocycles. The molecule has 0 spiro atoms. The summed E-state index contributed by atoms with van der Waals surface area (Å²) < 4.78 is 48.2. The van der Waals surface area contributed by atoms with Gasteiger partial charge in [-0.15, -0.1) is 0 Å². The van der Waals surface area contributed by atoms with Crippen molar-refractivity contribution < 1.29 is 32.5 Å². The molecule has 1 unspecified atom stereocenters. The van der Waals surface area contributed by atoms with E-state index < -0.39 is 23.8 Å². The van der Waals surface area contributed by atoms with Crippen molar-refractivity contribution in [3.63, 3.8) is 0 Å². The SMILES string of the molecule is COc1ccc2cc(C(=O)NCC(O)COc3ccc(C(F)(F)F)cc3)c(C)nc2c1. The van der Waals surface area contributed by atoms with E-state index in [9.17, 15) is 23.1 Å². The van der Waals surface area contributed by atoms with E-state index in [1.54, 1.807) is 38.3 Å². The summed E-state index contributed by atoms with van der Waals surface area (Å²) in [4.78, 5) is 16.9. The zero-order valence-electron chi connectivity index (χ0n) is 16.9. The predicted molar refractivity (Wildman–Crippen MR) is 108 cm³/mol. The molecule has 0 saturated heterocycles. The minimum absolute atomic E-state index is 0.0977. The summed E-state index contributed by atoms with van der Waals surface area (Å²) in [6.07, 6.45) is -5.48. The first-order chi connectivity index (χ1) is 14.7. The number of ether oxygens (including phenoxy) is 2. The number of aliphatic hydroxyl groups excluding tert-OH is 1. The number of rotatable bonds is 7. The fourth-order valence-electron chi connectivity index (χ4n) is 2.90. The molecule has 1 atom stereocenters. The smallest absolute Gasteiger partial charge is 0.416 e. The van der Waals surface area contributed by atoms with E-state index in [1.807, 2.05) is 0 Å². The van der Waals surface area contributed by atoms with Gasteiger partial charge in [0.05, 0.1) is 29.4 Å². The van der Waals surface area contributed by atoms with Crippen molar-refractivity contribution in [2.45, 2.75) is 19.2 Å². The highest BCUT2D eigenvalue weighted by molar-refractivity contribution is 5.98. The van der Waals surface area contributed by atoms with Crippen molar-refractivity contribution in [2.24, 2.45) is 0 Å². The van der Waals surface area contributed by atoms with Crippen molar-refractivity contribution >= 4 is 16.8 Å². The second-order valence-corrected chi connectivity index (χ2v) is 6.88. The van der Waals surface area contributed by atoms with Crippen molar-refractivity contribution in [1.29, 1.82) is 0 Å². The van der Waals surface area contributed by atoms with E-state index >= 15 is 0 Å². The maximum Gasteiger partial charge on any atom is 0.416 e. The van der Waals surface area contributed by atoms with Gasteiger partial charge in [-0.2, -0.15) is 13.2 Å². The minimum Gasteiger partial charge on any atom is -0.497 e. The Bertz CT molecular complexity index is 1070. The van der Waals surface area contributed by atoms with Gasteiger partial charge in [-0.3, -0.25) is 9.78 Å². The summed E-state index contributed by atoms with van der Waals surface area (Å²) in [5, 5.41) is 13.4. The number of methoxy groups -OCH3 is 1. The lowest BCUT2D eigenvalue weighted by Crippen LogP contribution is -2.35. The van der Waals surface area contributed by atoms with Gasteiger partial charge in [0.15, 0.2) is 0 Å². The van der Waals surface area contributed by atoms with Gasteiger partial charge in [0.25, 0.3) is 5.91 Å². The van der Waals surface area contributed by atoms with Crippen LogP contribution >= 0.6 is 0 Å². The molecule has 31 heavy (non-hydrogen) atoms. The molecular weight excluding hydrogens is 413 g/mol. The van der Waals surface area contributed by atoms with Crippen LogP contribution in [0.1, 0.15) is 21.6 Å². The maximum absolute atomic E-state index is 12.6. The number of amides is 1. The van der Waals surface area contributed by atoms with Crippen LogP contribution in [0.15, 0.2) is 48.5 Å². The quantitative estimate of drug-likeness (QED) is 0.592. The lowest BCUT2D eigenvalue weighted by Gasteiger charge is -2.15. The average molecular weight is 434 g/mol. The fraction of sp³-hybridized carbons (Fsp3) is 0.273. The van der Waals surface area contributed by atoms with Crippen LogP contribution < -0.4 is 14.8 Å². The molecule has 0 fully saturated rings. The molecule has 2 N–H and O–H groups in total. The Kier molecular flexibility index (Phi) is 6.65. The molecule has 164 valence electrons. The van der Waals surface area contributed by atoms with Crippen molar-refractivity contribution in [2.75, 3.05) is 20.3 Å². The Morgan fingerprint density at radius 1 is 1.13 bits per heavy atom. The van der Waals surface area contributed by atoms with Crippen LogP contribution in [-0.2, 0) is 6.18 Å². The first-order valence-electron chi connectivity index (χ1n) is 9.39. The van der Waals surface area contributed by atoms with Gasteiger partial charge in [0, 0.05) is 18.0 Å². The number of hydrogen-bond acceptors (Lipinski definition) is 5. The molecule has 1 heterocycles. The van der Waals surface area contributed by atoms with Gasteiger partial charge in [-0.05, 0) is 49.4 Å². The van der Waals surface area contributed by atoms with Gasteiger partial charge in [0.1, 0.15) is 24.2 Å². The molecule has 1 amide bonds. The normalized spacial score (nSPS) is 12.5. The Balaban J connectivity index is 1.56. The molecule has 2 aromatic carbocycles. The van der Waals surface area contributed by atoms with Gasteiger partial charge in [-0.25, -0.2) is 0 Å². The maximum atomic E-state index is 12.6. The number of carbonyl (C=O) groups excluding carboxylic acids is 1. The monoisotopic (exact) mass is 434 g/mol. The first-order valence-corrected chi connectivity index (χ1v) is 9.39. The standard InChI is InChI=1S/C22H21F3N2O4/c1-13-19(9-14-3-6-18(30-2)10-20(14)27-13)21(29)26-11-16(28)12-31-17-7-4-15(5-8-17)22(23,24)25/h3-10,16,28H,11-12H2,1-2H3,(H,26,29). The lowest BCUT2D eigenvalue weighted by molar-refractivity contribution is -0.137. The van der Waals surface area contributed by atoms with E-state index in [2.05, 4.69) is 10.3 Å². The third-order valence-electron chi connectivity index (χ3n) is 4.58. The summed E-state index contributed by atoms with van der Waals surface area (Å²) >= 11 is 0. The first kappa shape index (κ1) is 22.4. The van der Waals surface area contributed by atoms with Gasteiger partial charge < -0.3 is 19.9 Å². The molecular formula is C22H21F3N2O4. The Morgan fingerprint density at radius 2 is 1.81 bits per heavy atom. The molecule has 0 aliphatic carbocycles. The number of aryl methyl sites for hydroxylation is 1. The predicted octanol–water partition coefficient (Wildman–Crippen LogP) is 3.74. The number of fused-ring (bicyclic) bond motifs is 1. The Labute approximate surface area is 176 Å². The van der Waals surface area contributed by atoms with E-state index in [1.165, 1.54) is 12.1 Å². The molecule has 0 aliphatic rings. The van der Waals surface area contributed by atoms with E-state index in [0.29, 0.717) is 22.5 Å². The number of nitrogens with one attached hydrogen (secondary N) is 1. The summed E-state index contributed by atoms with van der Waals surface area (Å²) in [5.74, 6) is 0.437. The van der Waals surface area contributed by atoms with E-state index in [-0.39, 0.29) is 18.9 Å². The van der Waals surface area contributed by atoms with Crippen molar-refractivity contribution in [3.8, 4) is 11.5 Å². The largest absolute Gasteiger partial charge is 0.497 e. The number of alkyl halides is 3. The highest BCUT2D eigenvalue weighted by atomic mass is 19.4. The highest BCUT2D eigenvalue weighted by Crippen LogP contribution is 2.30. The second kappa shape index (κ2) is 9.22. The van der Waals surface area contributed by atoms with Gasteiger partial charge in [-0.1, -0.05) is 0 Å². The zero-order chi connectivity index (χ0) is 22.6. The third kappa shape index (κ3) is 5.64. The highest BCUT2D eigenvalue weighted by Gasteiger charge is 2.30. The number of aromatic nitrogens is 1. The molecule has 3 aromatic rings. The number of benzene rings is 2. The topological polar surface area (TPSA) is 80.7 Å². The average Bonchev–Trinajstić information content (AvgIpc) is 2.74. The summed E-state index contributed by atoms with van der Waals surface area (Å²) in [7, 11) is 1.56. The molecule has 0 radical (unpaired) electrons. The van der Waals surface area contributed by atoms with Gasteiger partial charge in [0.2, 0.25) is 0 Å². The number of carbonyl (C=O) groups is 1. The molecule has 1 aromatic heterocycles. The fourth-order valence-corrected chi connectivity index (χ4v) is 2.90. The zero-order valence-corrected chi connectivity index (χ0v) is 16.9. The Hall–Kier alpha value is -3.33. The minimum atomic E-state index is -4.43. The summed E-state index contributed by atoms with van der Waals surface area (Å²) in [5.41, 5.74) is 0.797. The second-order valence-electron chi connectivity index (χ2n) is 6.88. The molecule has 9 heteroatoms. The van der Waals surface area contributed by atoms with Crippen LogP contribution in [0.3, 0.4) is 0 Å². The van der Waals surface area contributed by atoms with Crippen LogP contribution in [0, 0.1) is 6.92 Å². The Morgan fingerprint density at radius 3 is 2.45 bits per heavy atom. The van der Waals surface area contributed by atoms with Gasteiger partial charge >= 0.3 is 6.18 Å². The summed E-state index contributed by atoms with van der Waals surface area (Å²) in [6.45, 7) is 1.41. The number of nitrogens with zero attached hydrogens (tertiary/aromatic N) is 1. The number of halogens is 3. The van der Waals surface area contributed by atoms with Crippen LogP contribution in [0.2, 0.25) is 0 Å². The molecule has 3 rings (SSSR count). The van der Waals surface area contributed by atoms with Crippen molar-refractivity contribution in [3.05, 3.63) is 65.4 Å². The van der Waals surface area contributed by atoms with Crippen molar-refractivity contribution in [1.82, 2.24) is 10.3 Å².